The highest BCUT2D eigenvalue weighted by Crippen LogP contribution is 2.37. The maximum absolute atomic E-state index is 5.66. The molecule has 1 aromatic heterocycles. The van der Waals surface area contributed by atoms with Gasteiger partial charge < -0.3 is 9.64 Å². The van der Waals surface area contributed by atoms with Crippen molar-refractivity contribution < 1.29 is 4.74 Å². The number of fused-ring (bicyclic) bond motifs is 1. The molecule has 2 heterocycles. The summed E-state index contributed by atoms with van der Waals surface area (Å²) in [5.41, 5.74) is 1.07. The van der Waals surface area contributed by atoms with Crippen LogP contribution in [0.1, 0.15) is 0 Å². The van der Waals surface area contributed by atoms with E-state index in [1.807, 2.05) is 42.6 Å². The molecule has 0 N–H and O–H groups in total. The molecule has 0 saturated carbocycles. The number of benzene rings is 1. The number of ether oxygens (including phenoxy) is 1. The van der Waals surface area contributed by atoms with Crippen LogP contribution in [0.25, 0.3) is 0 Å². The van der Waals surface area contributed by atoms with Crippen LogP contribution in [-0.2, 0) is 0 Å². The van der Waals surface area contributed by atoms with Crippen LogP contribution in [0.2, 0.25) is 0 Å². The first-order valence-corrected chi connectivity index (χ1v) is 6.25. The number of anilines is 2. The average Bonchev–Trinajstić information content (AvgIpc) is 2.39. The lowest BCUT2D eigenvalue weighted by molar-refractivity contribution is 0.313. The lowest BCUT2D eigenvalue weighted by Gasteiger charge is -2.30. The van der Waals surface area contributed by atoms with E-state index in [0.717, 1.165) is 28.3 Å². The molecular weight excluding hydrogens is 280 g/mol. The highest BCUT2D eigenvalue weighted by atomic mass is 79.9. The van der Waals surface area contributed by atoms with E-state index in [2.05, 4.69) is 25.8 Å². The molecule has 2 aromatic rings. The topological polar surface area (TPSA) is 25.4 Å². The van der Waals surface area contributed by atoms with Crippen LogP contribution in [0.5, 0.6) is 5.75 Å². The van der Waals surface area contributed by atoms with E-state index < -0.39 is 0 Å². The molecule has 86 valence electrons. The van der Waals surface area contributed by atoms with Gasteiger partial charge in [0.2, 0.25) is 0 Å². The zero-order valence-corrected chi connectivity index (χ0v) is 10.7. The van der Waals surface area contributed by atoms with Gasteiger partial charge in [0.1, 0.15) is 18.2 Å². The van der Waals surface area contributed by atoms with Crippen LogP contribution < -0.4 is 9.64 Å². The van der Waals surface area contributed by atoms with Gasteiger partial charge in [0, 0.05) is 10.7 Å². The van der Waals surface area contributed by atoms with Gasteiger partial charge in [-0.1, -0.05) is 22.0 Å². The molecule has 1 aromatic carbocycles. The van der Waals surface area contributed by atoms with Crippen LogP contribution in [0.15, 0.2) is 47.1 Å². The molecule has 4 heteroatoms. The molecule has 0 saturated heterocycles. The number of nitrogens with zero attached hydrogens (tertiary/aromatic N) is 2. The van der Waals surface area contributed by atoms with Gasteiger partial charge in [-0.3, -0.25) is 0 Å². The number of halogens is 1. The first-order valence-electron chi connectivity index (χ1n) is 5.45. The first-order chi connectivity index (χ1) is 8.34. The number of hydrogen-bond donors (Lipinski definition) is 0. The van der Waals surface area contributed by atoms with E-state index in [-0.39, 0.29) is 0 Å². The zero-order chi connectivity index (χ0) is 11.7. The minimum absolute atomic E-state index is 0.681. The largest absolute Gasteiger partial charge is 0.489 e. The van der Waals surface area contributed by atoms with Gasteiger partial charge in [0.15, 0.2) is 0 Å². The molecule has 1 aliphatic rings. The van der Waals surface area contributed by atoms with Crippen molar-refractivity contribution in [3.8, 4) is 5.75 Å². The van der Waals surface area contributed by atoms with Crippen LogP contribution >= 0.6 is 15.9 Å². The summed E-state index contributed by atoms with van der Waals surface area (Å²) < 4.78 is 6.68. The van der Waals surface area contributed by atoms with Gasteiger partial charge in [0.05, 0.1) is 12.2 Å². The highest BCUT2D eigenvalue weighted by Gasteiger charge is 2.19. The summed E-state index contributed by atoms with van der Waals surface area (Å²) >= 11 is 3.45. The molecule has 0 unspecified atom stereocenters. The molecule has 0 atom stereocenters. The number of aromatic nitrogens is 1. The average molecular weight is 291 g/mol. The van der Waals surface area contributed by atoms with Crippen molar-refractivity contribution in [2.75, 3.05) is 18.1 Å². The monoisotopic (exact) mass is 290 g/mol. The zero-order valence-electron chi connectivity index (χ0n) is 9.14. The van der Waals surface area contributed by atoms with E-state index in [4.69, 9.17) is 4.74 Å². The van der Waals surface area contributed by atoms with Crippen molar-refractivity contribution in [2.45, 2.75) is 0 Å². The van der Waals surface area contributed by atoms with Gasteiger partial charge in [-0.15, -0.1) is 0 Å². The number of hydrogen-bond acceptors (Lipinski definition) is 3. The molecule has 0 spiro atoms. The highest BCUT2D eigenvalue weighted by molar-refractivity contribution is 9.10. The normalized spacial score (nSPS) is 14.1. The minimum atomic E-state index is 0.681. The van der Waals surface area contributed by atoms with Crippen molar-refractivity contribution in [3.63, 3.8) is 0 Å². The summed E-state index contributed by atoms with van der Waals surface area (Å²) in [4.78, 5) is 6.55. The van der Waals surface area contributed by atoms with Crippen molar-refractivity contribution in [3.05, 3.63) is 47.1 Å². The summed E-state index contributed by atoms with van der Waals surface area (Å²) in [5, 5.41) is 0. The summed E-state index contributed by atoms with van der Waals surface area (Å²) in [6.45, 7) is 1.51. The van der Waals surface area contributed by atoms with Crippen LogP contribution in [0.4, 0.5) is 11.5 Å². The van der Waals surface area contributed by atoms with Crippen LogP contribution in [0.3, 0.4) is 0 Å². The quantitative estimate of drug-likeness (QED) is 0.805. The van der Waals surface area contributed by atoms with E-state index in [9.17, 15) is 0 Å². The molecule has 0 bridgehead atoms. The Morgan fingerprint density at radius 2 is 2.18 bits per heavy atom. The van der Waals surface area contributed by atoms with Gasteiger partial charge in [-0.2, -0.15) is 0 Å². The van der Waals surface area contributed by atoms with Crippen LogP contribution in [0, 0.1) is 0 Å². The molecule has 0 amide bonds. The van der Waals surface area contributed by atoms with Gasteiger partial charge in [-0.05, 0) is 30.3 Å². The number of pyridine rings is 1. The van der Waals surface area contributed by atoms with Crippen molar-refractivity contribution in [1.82, 2.24) is 4.98 Å². The summed E-state index contributed by atoms with van der Waals surface area (Å²) in [5.74, 6) is 1.86. The Bertz CT molecular complexity index is 530. The van der Waals surface area contributed by atoms with Gasteiger partial charge in [-0.25, -0.2) is 4.98 Å². The maximum Gasteiger partial charge on any atom is 0.144 e. The predicted molar refractivity (Wildman–Crippen MR) is 70.9 cm³/mol. The molecule has 3 nitrogen and oxygen atoms in total. The molecule has 0 aliphatic carbocycles. The molecule has 0 radical (unpaired) electrons. The number of rotatable bonds is 1. The maximum atomic E-state index is 5.66. The van der Waals surface area contributed by atoms with E-state index in [0.29, 0.717) is 6.61 Å². The van der Waals surface area contributed by atoms with E-state index >= 15 is 0 Å². The fourth-order valence-electron chi connectivity index (χ4n) is 1.95. The van der Waals surface area contributed by atoms with E-state index in [1.54, 1.807) is 0 Å². The third-order valence-electron chi connectivity index (χ3n) is 2.71. The van der Waals surface area contributed by atoms with Crippen molar-refractivity contribution in [1.29, 1.82) is 0 Å². The summed E-state index contributed by atoms with van der Waals surface area (Å²) in [6.07, 6.45) is 1.81. The Kier molecular flexibility index (Phi) is 2.73. The first kappa shape index (κ1) is 10.6. The van der Waals surface area contributed by atoms with Gasteiger partial charge in [0.25, 0.3) is 0 Å². The standard InChI is InChI=1S/C13H11BrN2O/c14-10-4-5-11-12(9-10)17-8-7-16(11)13-3-1-2-6-15-13/h1-6,9H,7-8H2. The third-order valence-corrected chi connectivity index (χ3v) is 3.20. The SMILES string of the molecule is Brc1ccc2c(c1)OCCN2c1ccccn1. The Labute approximate surface area is 108 Å². The third kappa shape index (κ3) is 2.00. The summed E-state index contributed by atoms with van der Waals surface area (Å²) in [6, 6.07) is 12.0. The summed E-state index contributed by atoms with van der Waals surface area (Å²) in [7, 11) is 0. The molecule has 3 rings (SSSR count). The Hall–Kier alpha value is -1.55. The van der Waals surface area contributed by atoms with Crippen LogP contribution in [-0.4, -0.2) is 18.1 Å². The fraction of sp³-hybridized carbons (Fsp3) is 0.154. The second kappa shape index (κ2) is 4.37. The predicted octanol–water partition coefficient (Wildman–Crippen LogP) is 3.37. The smallest absolute Gasteiger partial charge is 0.144 e. The Morgan fingerprint density at radius 1 is 1.24 bits per heavy atom. The Morgan fingerprint density at radius 3 is 3.00 bits per heavy atom. The van der Waals surface area contributed by atoms with Gasteiger partial charge >= 0.3 is 0 Å². The second-order valence-corrected chi connectivity index (χ2v) is 4.72. The molecule has 1 aliphatic heterocycles. The fourth-order valence-corrected chi connectivity index (χ4v) is 2.29. The van der Waals surface area contributed by atoms with E-state index in [1.165, 1.54) is 0 Å². The molecule has 17 heavy (non-hydrogen) atoms. The lowest BCUT2D eigenvalue weighted by Crippen LogP contribution is -2.29. The minimum Gasteiger partial charge on any atom is -0.489 e. The van der Waals surface area contributed by atoms with Crippen molar-refractivity contribution in [2.24, 2.45) is 0 Å². The lowest BCUT2D eigenvalue weighted by atomic mass is 10.2. The Balaban J connectivity index is 2.06. The second-order valence-electron chi connectivity index (χ2n) is 3.80. The molecule has 0 fully saturated rings. The molecular formula is C13H11BrN2O. The van der Waals surface area contributed by atoms with Crippen molar-refractivity contribution >= 4 is 27.4 Å².